The summed E-state index contributed by atoms with van der Waals surface area (Å²) in [5.41, 5.74) is 2.54. The van der Waals surface area contributed by atoms with Crippen LogP contribution in [0.2, 0.25) is 0 Å². The van der Waals surface area contributed by atoms with Crippen LogP contribution in [-0.4, -0.2) is 9.55 Å². The van der Waals surface area contributed by atoms with Gasteiger partial charge in [-0.2, -0.15) is 0 Å². The van der Waals surface area contributed by atoms with Gasteiger partial charge < -0.3 is 4.57 Å². The van der Waals surface area contributed by atoms with Crippen LogP contribution in [0.1, 0.15) is 89.3 Å². The van der Waals surface area contributed by atoms with Crippen molar-refractivity contribution in [3.8, 4) is 0 Å². The van der Waals surface area contributed by atoms with E-state index in [0.717, 1.165) is 6.54 Å². The highest BCUT2D eigenvalue weighted by Gasteiger charge is 2.22. The molecule has 0 saturated heterocycles. The van der Waals surface area contributed by atoms with Gasteiger partial charge >= 0.3 is 0 Å². The molecular weight excluding hydrogens is 280 g/mol. The topological polar surface area (TPSA) is 17.8 Å². The number of fused-ring (bicyclic) bond motifs is 1. The van der Waals surface area contributed by atoms with Crippen molar-refractivity contribution in [3.05, 3.63) is 30.1 Å². The average molecular weight is 313 g/mol. The highest BCUT2D eigenvalue weighted by molar-refractivity contribution is 5.76. The maximum absolute atomic E-state index is 5.03. The summed E-state index contributed by atoms with van der Waals surface area (Å²) < 4.78 is 2.55. The number of para-hydroxylation sites is 2. The molecule has 0 unspecified atom stereocenters. The van der Waals surface area contributed by atoms with E-state index in [1.54, 1.807) is 0 Å². The highest BCUT2D eigenvalue weighted by Crippen LogP contribution is 2.34. The molecule has 126 valence electrons. The third kappa shape index (κ3) is 4.16. The second kappa shape index (κ2) is 8.52. The standard InChI is InChI=1S/C21H32N2/c1-2-3-4-5-6-12-17-23-20-16-11-10-15-19(20)22-21(23)18-13-8-7-9-14-18/h10-11,15-16,18H,2-9,12-14,17H2,1H3. The molecule has 0 spiro atoms. The van der Waals surface area contributed by atoms with Gasteiger partial charge in [0.05, 0.1) is 11.0 Å². The number of unbranched alkanes of at least 4 members (excludes halogenated alkanes) is 5. The fraction of sp³-hybridized carbons (Fsp3) is 0.667. The van der Waals surface area contributed by atoms with Crippen LogP contribution >= 0.6 is 0 Å². The normalized spacial score (nSPS) is 16.2. The maximum atomic E-state index is 5.03. The monoisotopic (exact) mass is 312 g/mol. The van der Waals surface area contributed by atoms with Gasteiger partial charge in [0.1, 0.15) is 5.82 Å². The molecule has 0 atom stereocenters. The molecule has 1 aromatic heterocycles. The van der Waals surface area contributed by atoms with Crippen molar-refractivity contribution in [2.45, 2.75) is 90.0 Å². The lowest BCUT2D eigenvalue weighted by Gasteiger charge is -2.22. The Labute approximate surface area is 141 Å². The Bertz CT molecular complexity index is 593. The molecule has 1 saturated carbocycles. The van der Waals surface area contributed by atoms with E-state index in [0.29, 0.717) is 5.92 Å². The number of hydrogen-bond acceptors (Lipinski definition) is 1. The first-order valence-electron chi connectivity index (χ1n) is 9.85. The van der Waals surface area contributed by atoms with E-state index in [4.69, 9.17) is 4.98 Å². The molecule has 1 aromatic carbocycles. The number of hydrogen-bond donors (Lipinski definition) is 0. The van der Waals surface area contributed by atoms with Gasteiger partial charge in [0.15, 0.2) is 0 Å². The molecule has 23 heavy (non-hydrogen) atoms. The van der Waals surface area contributed by atoms with Gasteiger partial charge in [0.2, 0.25) is 0 Å². The Morgan fingerprint density at radius 1 is 0.957 bits per heavy atom. The number of aromatic nitrogens is 2. The molecule has 3 rings (SSSR count). The molecule has 0 bridgehead atoms. The zero-order valence-electron chi connectivity index (χ0n) is 14.8. The van der Waals surface area contributed by atoms with Crippen molar-refractivity contribution < 1.29 is 0 Å². The summed E-state index contributed by atoms with van der Waals surface area (Å²) in [6.07, 6.45) is 15.0. The van der Waals surface area contributed by atoms with Gasteiger partial charge in [-0.05, 0) is 31.4 Å². The molecule has 0 aliphatic heterocycles. The smallest absolute Gasteiger partial charge is 0.112 e. The second-order valence-corrected chi connectivity index (χ2v) is 7.21. The van der Waals surface area contributed by atoms with Gasteiger partial charge in [-0.3, -0.25) is 0 Å². The Balaban J connectivity index is 1.71. The highest BCUT2D eigenvalue weighted by atomic mass is 15.1. The predicted molar refractivity (Wildman–Crippen MR) is 98.9 cm³/mol. The molecule has 1 fully saturated rings. The van der Waals surface area contributed by atoms with Crippen molar-refractivity contribution >= 4 is 11.0 Å². The average Bonchev–Trinajstić information content (AvgIpc) is 2.97. The summed E-state index contributed by atoms with van der Waals surface area (Å²) in [5, 5.41) is 0. The number of nitrogens with zero attached hydrogens (tertiary/aromatic N) is 2. The maximum Gasteiger partial charge on any atom is 0.112 e. The molecule has 1 heterocycles. The molecule has 0 amide bonds. The summed E-state index contributed by atoms with van der Waals surface area (Å²) in [5.74, 6) is 2.07. The van der Waals surface area contributed by atoms with E-state index in [9.17, 15) is 0 Å². The summed E-state index contributed by atoms with van der Waals surface area (Å²) >= 11 is 0. The Morgan fingerprint density at radius 2 is 1.70 bits per heavy atom. The van der Waals surface area contributed by atoms with Crippen molar-refractivity contribution in [2.24, 2.45) is 0 Å². The quantitative estimate of drug-likeness (QED) is 0.512. The fourth-order valence-corrected chi connectivity index (χ4v) is 4.05. The zero-order valence-corrected chi connectivity index (χ0v) is 14.8. The minimum absolute atomic E-state index is 0.691. The summed E-state index contributed by atoms with van der Waals surface area (Å²) in [6.45, 7) is 3.44. The first-order valence-corrected chi connectivity index (χ1v) is 9.85. The lowest BCUT2D eigenvalue weighted by Crippen LogP contribution is -2.12. The van der Waals surface area contributed by atoms with Crippen LogP contribution in [-0.2, 0) is 6.54 Å². The Kier molecular flexibility index (Phi) is 6.13. The SMILES string of the molecule is CCCCCCCCn1c(C2CCCCC2)nc2ccccc21. The number of rotatable bonds is 8. The molecule has 1 aliphatic carbocycles. The molecular formula is C21H32N2. The van der Waals surface area contributed by atoms with Crippen LogP contribution in [0, 0.1) is 0 Å². The third-order valence-corrected chi connectivity index (χ3v) is 5.39. The lowest BCUT2D eigenvalue weighted by atomic mass is 9.88. The first-order chi connectivity index (χ1) is 11.4. The van der Waals surface area contributed by atoms with Crippen LogP contribution < -0.4 is 0 Å². The number of aryl methyl sites for hydroxylation is 1. The Morgan fingerprint density at radius 3 is 2.52 bits per heavy atom. The minimum Gasteiger partial charge on any atom is -0.328 e. The van der Waals surface area contributed by atoms with Crippen molar-refractivity contribution in [1.29, 1.82) is 0 Å². The van der Waals surface area contributed by atoms with Crippen LogP contribution in [0.4, 0.5) is 0 Å². The van der Waals surface area contributed by atoms with E-state index in [-0.39, 0.29) is 0 Å². The van der Waals surface area contributed by atoms with Crippen molar-refractivity contribution in [1.82, 2.24) is 9.55 Å². The van der Waals surface area contributed by atoms with Crippen molar-refractivity contribution in [2.75, 3.05) is 0 Å². The largest absolute Gasteiger partial charge is 0.328 e. The molecule has 2 aromatic rings. The van der Waals surface area contributed by atoms with Gasteiger partial charge in [-0.25, -0.2) is 4.98 Å². The minimum atomic E-state index is 0.691. The van der Waals surface area contributed by atoms with Crippen LogP contribution in [0.15, 0.2) is 24.3 Å². The third-order valence-electron chi connectivity index (χ3n) is 5.39. The van der Waals surface area contributed by atoms with E-state index in [1.807, 2.05) is 0 Å². The van der Waals surface area contributed by atoms with Crippen LogP contribution in [0.3, 0.4) is 0 Å². The summed E-state index contributed by atoms with van der Waals surface area (Å²) in [4.78, 5) is 5.03. The fourth-order valence-electron chi connectivity index (χ4n) is 4.05. The van der Waals surface area contributed by atoms with Crippen LogP contribution in [0.5, 0.6) is 0 Å². The first kappa shape index (κ1) is 16.5. The van der Waals surface area contributed by atoms with Crippen molar-refractivity contribution in [3.63, 3.8) is 0 Å². The van der Waals surface area contributed by atoms with Gasteiger partial charge in [-0.15, -0.1) is 0 Å². The summed E-state index contributed by atoms with van der Waals surface area (Å²) in [6, 6.07) is 8.71. The molecule has 1 aliphatic rings. The van der Waals surface area contributed by atoms with E-state index in [2.05, 4.69) is 35.8 Å². The van der Waals surface area contributed by atoms with Gasteiger partial charge in [0, 0.05) is 12.5 Å². The molecule has 0 radical (unpaired) electrons. The van der Waals surface area contributed by atoms with E-state index in [1.165, 1.54) is 87.5 Å². The molecule has 0 N–H and O–H groups in total. The lowest BCUT2D eigenvalue weighted by molar-refractivity contribution is 0.413. The van der Waals surface area contributed by atoms with E-state index >= 15 is 0 Å². The molecule has 2 nitrogen and oxygen atoms in total. The zero-order chi connectivity index (χ0) is 15.9. The molecule has 2 heteroatoms. The number of imidazole rings is 1. The summed E-state index contributed by atoms with van der Waals surface area (Å²) in [7, 11) is 0. The van der Waals surface area contributed by atoms with Crippen LogP contribution in [0.25, 0.3) is 11.0 Å². The second-order valence-electron chi connectivity index (χ2n) is 7.21. The number of benzene rings is 1. The van der Waals surface area contributed by atoms with Gasteiger partial charge in [-0.1, -0.05) is 70.4 Å². The van der Waals surface area contributed by atoms with Gasteiger partial charge in [0.25, 0.3) is 0 Å². The predicted octanol–water partition coefficient (Wildman–Crippen LogP) is 6.44. The Hall–Kier alpha value is -1.31. The van der Waals surface area contributed by atoms with E-state index < -0.39 is 0 Å².